The lowest BCUT2D eigenvalue weighted by molar-refractivity contribution is -0.116. The van der Waals surface area contributed by atoms with Gasteiger partial charge >= 0.3 is 0 Å². The molecular weight excluding hydrogens is 369 g/mol. The number of carbonyl (C=O) groups excluding carboxylic acids is 1. The fourth-order valence-corrected chi connectivity index (χ4v) is 3.41. The molecule has 0 saturated carbocycles. The predicted molar refractivity (Wildman–Crippen MR) is 110 cm³/mol. The first-order valence-electron chi connectivity index (χ1n) is 8.72. The number of phenols is 1. The topological polar surface area (TPSA) is 49.3 Å². The standard InChI is InChI=1S/C21H25Cl2NO2/c1-5-6-20(26)24-14-11-17(22)15(18(23)12-14)9-13-7-8-19(25)16(10-13)21(2,3)4/h7-8,10-12,25H,5-6,9H2,1-4H3,(H,24,26). The van der Waals surface area contributed by atoms with E-state index in [0.717, 1.165) is 23.1 Å². The molecule has 0 aromatic heterocycles. The van der Waals surface area contributed by atoms with Crippen molar-refractivity contribution in [2.75, 3.05) is 5.32 Å². The van der Waals surface area contributed by atoms with Gasteiger partial charge < -0.3 is 10.4 Å². The molecule has 0 fully saturated rings. The molecule has 0 aliphatic carbocycles. The van der Waals surface area contributed by atoms with Crippen LogP contribution in [-0.4, -0.2) is 11.0 Å². The molecule has 3 nitrogen and oxygen atoms in total. The number of nitrogens with one attached hydrogen (secondary N) is 1. The van der Waals surface area contributed by atoms with Gasteiger partial charge in [-0.1, -0.05) is 63.0 Å². The Kier molecular flexibility index (Phi) is 6.59. The first-order valence-corrected chi connectivity index (χ1v) is 9.47. The van der Waals surface area contributed by atoms with Gasteiger partial charge in [0.05, 0.1) is 0 Å². The highest BCUT2D eigenvalue weighted by molar-refractivity contribution is 6.36. The summed E-state index contributed by atoms with van der Waals surface area (Å²) in [6.45, 7) is 8.12. The van der Waals surface area contributed by atoms with Crippen molar-refractivity contribution in [2.24, 2.45) is 0 Å². The van der Waals surface area contributed by atoms with Crippen molar-refractivity contribution in [2.45, 2.75) is 52.4 Å². The van der Waals surface area contributed by atoms with E-state index >= 15 is 0 Å². The lowest BCUT2D eigenvalue weighted by Gasteiger charge is -2.21. The lowest BCUT2D eigenvalue weighted by atomic mass is 9.85. The van der Waals surface area contributed by atoms with Crippen molar-refractivity contribution in [1.29, 1.82) is 0 Å². The van der Waals surface area contributed by atoms with Gasteiger partial charge in [0.25, 0.3) is 0 Å². The van der Waals surface area contributed by atoms with Crippen molar-refractivity contribution in [1.82, 2.24) is 0 Å². The average molecular weight is 394 g/mol. The second-order valence-electron chi connectivity index (χ2n) is 7.49. The lowest BCUT2D eigenvalue weighted by Crippen LogP contribution is -2.12. The molecule has 140 valence electrons. The van der Waals surface area contributed by atoms with E-state index in [-0.39, 0.29) is 17.1 Å². The van der Waals surface area contributed by atoms with Gasteiger partial charge in [0.1, 0.15) is 5.75 Å². The molecule has 2 aromatic rings. The number of hydrogen-bond acceptors (Lipinski definition) is 2. The number of anilines is 1. The van der Waals surface area contributed by atoms with E-state index < -0.39 is 0 Å². The van der Waals surface area contributed by atoms with Crippen LogP contribution in [0, 0.1) is 0 Å². The number of benzene rings is 2. The molecule has 1 amide bonds. The number of carbonyl (C=O) groups is 1. The molecule has 2 rings (SSSR count). The van der Waals surface area contributed by atoms with E-state index in [1.165, 1.54) is 0 Å². The van der Waals surface area contributed by atoms with Gasteiger partial charge in [-0.25, -0.2) is 0 Å². The van der Waals surface area contributed by atoms with Crippen LogP contribution in [0.15, 0.2) is 30.3 Å². The Hall–Kier alpha value is -1.71. The molecule has 5 heteroatoms. The summed E-state index contributed by atoms with van der Waals surface area (Å²) in [5.74, 6) is 0.230. The molecule has 0 aliphatic rings. The summed E-state index contributed by atoms with van der Waals surface area (Å²) in [5, 5.41) is 13.9. The summed E-state index contributed by atoms with van der Waals surface area (Å²) in [5.41, 5.74) is 3.13. The fraction of sp³-hybridized carbons (Fsp3) is 0.381. The maximum Gasteiger partial charge on any atom is 0.224 e. The summed E-state index contributed by atoms with van der Waals surface area (Å²) in [6.07, 6.45) is 1.78. The summed E-state index contributed by atoms with van der Waals surface area (Å²) in [7, 11) is 0. The molecule has 0 unspecified atom stereocenters. The fourth-order valence-electron chi connectivity index (χ4n) is 2.79. The zero-order valence-corrected chi connectivity index (χ0v) is 17.1. The largest absolute Gasteiger partial charge is 0.508 e. The van der Waals surface area contributed by atoms with Crippen molar-refractivity contribution >= 4 is 34.8 Å². The Bertz CT molecular complexity index is 787. The third kappa shape index (κ3) is 5.15. The normalized spacial score (nSPS) is 11.5. The SMILES string of the molecule is CCCC(=O)Nc1cc(Cl)c(Cc2ccc(O)c(C(C)(C)C)c2)c(Cl)c1. The van der Waals surface area contributed by atoms with Gasteiger partial charge in [0.15, 0.2) is 0 Å². The Balaban J connectivity index is 2.29. The molecule has 0 heterocycles. The molecule has 0 saturated heterocycles. The molecule has 0 atom stereocenters. The molecule has 2 aromatic carbocycles. The first kappa shape index (κ1) is 20.6. The van der Waals surface area contributed by atoms with Crippen LogP contribution < -0.4 is 5.32 Å². The summed E-state index contributed by atoms with van der Waals surface area (Å²) in [6, 6.07) is 9.01. The van der Waals surface area contributed by atoms with Crippen LogP contribution >= 0.6 is 23.2 Å². The van der Waals surface area contributed by atoms with Gasteiger partial charge in [0.2, 0.25) is 5.91 Å². The molecular formula is C21H25Cl2NO2. The minimum Gasteiger partial charge on any atom is -0.508 e. The van der Waals surface area contributed by atoms with Crippen LogP contribution in [0.25, 0.3) is 0 Å². The van der Waals surface area contributed by atoms with Gasteiger partial charge in [-0.2, -0.15) is 0 Å². The molecule has 0 radical (unpaired) electrons. The van der Waals surface area contributed by atoms with Crippen molar-refractivity contribution < 1.29 is 9.90 Å². The van der Waals surface area contributed by atoms with Gasteiger partial charge in [-0.15, -0.1) is 0 Å². The van der Waals surface area contributed by atoms with E-state index in [2.05, 4.69) is 26.1 Å². The Labute approximate surface area is 165 Å². The smallest absolute Gasteiger partial charge is 0.224 e. The van der Waals surface area contributed by atoms with Crippen LogP contribution in [0.5, 0.6) is 5.75 Å². The predicted octanol–water partition coefficient (Wildman–Crippen LogP) is 6.33. The number of amides is 1. The number of phenolic OH excluding ortho intramolecular Hbond substituents is 1. The van der Waals surface area contributed by atoms with Gasteiger partial charge in [-0.05, 0) is 46.7 Å². The highest BCUT2D eigenvalue weighted by Gasteiger charge is 2.19. The number of halogens is 2. The minimum atomic E-state index is -0.166. The van der Waals surface area contributed by atoms with E-state index in [9.17, 15) is 9.90 Å². The third-order valence-corrected chi connectivity index (χ3v) is 4.83. The molecule has 2 N–H and O–H groups in total. The van der Waals surface area contributed by atoms with Gasteiger partial charge in [0, 0.05) is 28.6 Å². The summed E-state index contributed by atoms with van der Waals surface area (Å²) >= 11 is 12.8. The number of rotatable bonds is 5. The Morgan fingerprint density at radius 1 is 1.12 bits per heavy atom. The second kappa shape index (κ2) is 8.32. The van der Waals surface area contributed by atoms with Crippen LogP contribution in [0.2, 0.25) is 10.0 Å². The quantitative estimate of drug-likeness (QED) is 0.623. The van der Waals surface area contributed by atoms with E-state index in [0.29, 0.717) is 28.6 Å². The second-order valence-corrected chi connectivity index (χ2v) is 8.31. The maximum absolute atomic E-state index is 11.8. The number of hydrogen-bond donors (Lipinski definition) is 2. The van der Waals surface area contributed by atoms with Gasteiger partial charge in [-0.3, -0.25) is 4.79 Å². The van der Waals surface area contributed by atoms with Crippen molar-refractivity contribution in [3.05, 3.63) is 57.1 Å². The van der Waals surface area contributed by atoms with Crippen LogP contribution in [0.4, 0.5) is 5.69 Å². The van der Waals surface area contributed by atoms with E-state index in [1.807, 2.05) is 19.1 Å². The molecule has 0 aliphatic heterocycles. The average Bonchev–Trinajstić information content (AvgIpc) is 2.51. The third-order valence-electron chi connectivity index (χ3n) is 4.15. The molecule has 26 heavy (non-hydrogen) atoms. The van der Waals surface area contributed by atoms with Crippen LogP contribution in [-0.2, 0) is 16.6 Å². The monoisotopic (exact) mass is 393 g/mol. The van der Waals surface area contributed by atoms with Crippen LogP contribution in [0.3, 0.4) is 0 Å². The molecule has 0 spiro atoms. The number of aromatic hydroxyl groups is 1. The first-order chi connectivity index (χ1) is 12.1. The van der Waals surface area contributed by atoms with Crippen LogP contribution in [0.1, 0.15) is 57.2 Å². The highest BCUT2D eigenvalue weighted by atomic mass is 35.5. The van der Waals surface area contributed by atoms with Crippen molar-refractivity contribution in [3.63, 3.8) is 0 Å². The Morgan fingerprint density at radius 3 is 2.27 bits per heavy atom. The molecule has 0 bridgehead atoms. The Morgan fingerprint density at radius 2 is 1.73 bits per heavy atom. The van der Waals surface area contributed by atoms with E-state index in [1.54, 1.807) is 18.2 Å². The van der Waals surface area contributed by atoms with E-state index in [4.69, 9.17) is 23.2 Å². The minimum absolute atomic E-state index is 0.0549. The summed E-state index contributed by atoms with van der Waals surface area (Å²) in [4.78, 5) is 11.8. The summed E-state index contributed by atoms with van der Waals surface area (Å²) < 4.78 is 0. The zero-order chi connectivity index (χ0) is 19.5. The maximum atomic E-state index is 11.8. The highest BCUT2D eigenvalue weighted by Crippen LogP contribution is 2.34. The van der Waals surface area contributed by atoms with Crippen molar-refractivity contribution in [3.8, 4) is 5.75 Å². The zero-order valence-electron chi connectivity index (χ0n) is 15.6.